The lowest BCUT2D eigenvalue weighted by Gasteiger charge is -2.10. The van der Waals surface area contributed by atoms with Crippen molar-refractivity contribution in [3.63, 3.8) is 0 Å². The van der Waals surface area contributed by atoms with Gasteiger partial charge >= 0.3 is 5.97 Å². The van der Waals surface area contributed by atoms with Crippen LogP contribution in [0, 0.1) is 11.6 Å². The largest absolute Gasteiger partial charge is 0.476 e. The normalized spacial score (nSPS) is 10.5. The smallest absolute Gasteiger partial charge is 0.344 e. The molecule has 0 aliphatic carbocycles. The molecular weight excluding hydrogens is 284 g/mol. The van der Waals surface area contributed by atoms with Gasteiger partial charge in [0.1, 0.15) is 0 Å². The van der Waals surface area contributed by atoms with E-state index in [-0.39, 0.29) is 6.61 Å². The molecule has 1 N–H and O–H groups in total. The molecule has 1 aromatic rings. The fourth-order valence-electron chi connectivity index (χ4n) is 1.59. The number of esters is 1. The number of halogens is 2. The molecule has 118 valence electrons. The molecule has 0 atom stereocenters. The Morgan fingerprint density at radius 3 is 2.52 bits per heavy atom. The quantitative estimate of drug-likeness (QED) is 0.555. The summed E-state index contributed by atoms with van der Waals surface area (Å²) in [6.07, 6.45) is 0. The van der Waals surface area contributed by atoms with Crippen LogP contribution < -0.4 is 10.1 Å². The molecule has 5 nitrogen and oxygen atoms in total. The number of carbonyl (C=O) groups excluding carboxylic acids is 1. The molecule has 0 aromatic heterocycles. The predicted molar refractivity (Wildman–Crippen MR) is 72.1 cm³/mol. The van der Waals surface area contributed by atoms with Crippen LogP contribution in [0.1, 0.15) is 12.5 Å². The first-order valence-corrected chi connectivity index (χ1v) is 6.54. The molecule has 0 aliphatic rings. The van der Waals surface area contributed by atoms with E-state index in [4.69, 9.17) is 9.47 Å². The maximum Gasteiger partial charge on any atom is 0.344 e. The Bertz CT molecular complexity index is 445. The van der Waals surface area contributed by atoms with Crippen LogP contribution in [0.2, 0.25) is 0 Å². The van der Waals surface area contributed by atoms with E-state index in [0.29, 0.717) is 25.3 Å². The van der Waals surface area contributed by atoms with E-state index in [1.165, 1.54) is 0 Å². The Morgan fingerprint density at radius 2 is 1.95 bits per heavy atom. The second kappa shape index (κ2) is 9.25. The van der Waals surface area contributed by atoms with Crippen LogP contribution in [0.25, 0.3) is 0 Å². The van der Waals surface area contributed by atoms with Crippen molar-refractivity contribution in [3.05, 3.63) is 29.3 Å². The molecule has 0 fully saturated rings. The highest BCUT2D eigenvalue weighted by Gasteiger charge is 2.14. The SMILES string of the molecule is CCOC(=O)COc1c(F)cc(CNCCOC)cc1F. The Kier molecular flexibility index (Phi) is 7.63. The molecule has 0 aliphatic heterocycles. The van der Waals surface area contributed by atoms with Crippen molar-refractivity contribution in [2.45, 2.75) is 13.5 Å². The first-order chi connectivity index (χ1) is 10.1. The fraction of sp³-hybridized carbons (Fsp3) is 0.500. The molecular formula is C14H19F2NO4. The second-order valence-electron chi connectivity index (χ2n) is 4.15. The van der Waals surface area contributed by atoms with Gasteiger partial charge in [-0.05, 0) is 24.6 Å². The highest BCUT2D eigenvalue weighted by Crippen LogP contribution is 2.23. The molecule has 0 saturated carbocycles. The lowest BCUT2D eigenvalue weighted by Crippen LogP contribution is -2.19. The number of nitrogens with one attached hydrogen (secondary N) is 1. The van der Waals surface area contributed by atoms with Crippen LogP contribution >= 0.6 is 0 Å². The average molecular weight is 303 g/mol. The number of benzene rings is 1. The summed E-state index contributed by atoms with van der Waals surface area (Å²) in [5.41, 5.74) is 0.435. The summed E-state index contributed by atoms with van der Waals surface area (Å²) in [5, 5.41) is 2.97. The van der Waals surface area contributed by atoms with Crippen molar-refractivity contribution in [2.75, 3.05) is 33.5 Å². The molecule has 0 heterocycles. The van der Waals surface area contributed by atoms with Gasteiger partial charge in [-0.1, -0.05) is 0 Å². The Labute approximate surface area is 122 Å². The molecule has 1 rings (SSSR count). The molecule has 0 unspecified atom stereocenters. The summed E-state index contributed by atoms with van der Waals surface area (Å²) in [7, 11) is 1.57. The Hall–Kier alpha value is -1.73. The zero-order valence-electron chi connectivity index (χ0n) is 12.1. The van der Waals surface area contributed by atoms with Crippen molar-refractivity contribution in [1.29, 1.82) is 0 Å². The van der Waals surface area contributed by atoms with Gasteiger partial charge in [-0.15, -0.1) is 0 Å². The van der Waals surface area contributed by atoms with Crippen molar-refractivity contribution < 1.29 is 27.8 Å². The first kappa shape index (κ1) is 17.3. The topological polar surface area (TPSA) is 56.8 Å². The van der Waals surface area contributed by atoms with Crippen LogP contribution in [-0.2, 0) is 20.8 Å². The summed E-state index contributed by atoms with van der Waals surface area (Å²) >= 11 is 0. The van der Waals surface area contributed by atoms with Crippen LogP contribution in [0.15, 0.2) is 12.1 Å². The standard InChI is InChI=1S/C14H19F2NO4/c1-3-20-13(18)9-21-14-11(15)6-10(7-12(14)16)8-17-4-5-19-2/h6-7,17H,3-5,8-9H2,1-2H3. The summed E-state index contributed by atoms with van der Waals surface area (Å²) in [6, 6.07) is 2.31. The molecule has 1 aromatic carbocycles. The predicted octanol–water partition coefficient (Wildman–Crippen LogP) is 1.64. The van der Waals surface area contributed by atoms with Gasteiger partial charge < -0.3 is 19.5 Å². The Balaban J connectivity index is 2.60. The highest BCUT2D eigenvalue weighted by molar-refractivity contribution is 5.71. The minimum atomic E-state index is -0.858. The molecule has 0 radical (unpaired) electrons. The van der Waals surface area contributed by atoms with Crippen molar-refractivity contribution >= 4 is 5.97 Å². The van der Waals surface area contributed by atoms with Gasteiger partial charge in [0.25, 0.3) is 0 Å². The summed E-state index contributed by atoms with van der Waals surface area (Å²) < 4.78 is 41.8. The monoisotopic (exact) mass is 303 g/mol. The van der Waals surface area contributed by atoms with Crippen LogP contribution in [0.5, 0.6) is 5.75 Å². The number of rotatable bonds is 9. The number of ether oxygens (including phenoxy) is 3. The van der Waals surface area contributed by atoms with Crippen molar-refractivity contribution in [3.8, 4) is 5.75 Å². The highest BCUT2D eigenvalue weighted by atomic mass is 19.1. The summed E-state index contributed by atoms with van der Waals surface area (Å²) in [4.78, 5) is 11.1. The minimum Gasteiger partial charge on any atom is -0.476 e. The number of methoxy groups -OCH3 is 1. The first-order valence-electron chi connectivity index (χ1n) is 6.54. The third kappa shape index (κ3) is 6.05. The van der Waals surface area contributed by atoms with Gasteiger partial charge in [0.15, 0.2) is 24.0 Å². The van der Waals surface area contributed by atoms with E-state index in [2.05, 4.69) is 10.1 Å². The van der Waals surface area contributed by atoms with Crippen molar-refractivity contribution in [1.82, 2.24) is 5.32 Å². The van der Waals surface area contributed by atoms with E-state index in [1.54, 1.807) is 14.0 Å². The second-order valence-corrected chi connectivity index (χ2v) is 4.15. The third-order valence-corrected chi connectivity index (χ3v) is 2.51. The molecule has 21 heavy (non-hydrogen) atoms. The summed E-state index contributed by atoms with van der Waals surface area (Å²) in [5.74, 6) is -2.98. The lowest BCUT2D eigenvalue weighted by atomic mass is 10.2. The Morgan fingerprint density at radius 1 is 1.29 bits per heavy atom. The zero-order valence-corrected chi connectivity index (χ0v) is 12.1. The van der Waals surface area contributed by atoms with Gasteiger partial charge in [-0.2, -0.15) is 0 Å². The van der Waals surface area contributed by atoms with Crippen LogP contribution in [0.4, 0.5) is 8.78 Å². The fourth-order valence-corrected chi connectivity index (χ4v) is 1.59. The molecule has 0 spiro atoms. The van der Waals surface area contributed by atoms with Gasteiger partial charge in [-0.3, -0.25) is 0 Å². The minimum absolute atomic E-state index is 0.180. The van der Waals surface area contributed by atoms with Gasteiger partial charge in [0.2, 0.25) is 0 Å². The van der Waals surface area contributed by atoms with E-state index in [1.807, 2.05) is 0 Å². The van der Waals surface area contributed by atoms with E-state index in [0.717, 1.165) is 12.1 Å². The van der Waals surface area contributed by atoms with Gasteiger partial charge in [0, 0.05) is 20.2 Å². The summed E-state index contributed by atoms with van der Waals surface area (Å²) in [6.45, 7) is 2.65. The molecule has 0 amide bonds. The number of hydrogen-bond acceptors (Lipinski definition) is 5. The van der Waals surface area contributed by atoms with Gasteiger partial charge in [0.05, 0.1) is 13.2 Å². The molecule has 7 heteroatoms. The molecule has 0 bridgehead atoms. The average Bonchev–Trinajstić information content (AvgIpc) is 2.43. The maximum atomic E-state index is 13.8. The number of hydrogen-bond donors (Lipinski definition) is 1. The lowest BCUT2D eigenvalue weighted by molar-refractivity contribution is -0.145. The zero-order chi connectivity index (χ0) is 15.7. The van der Waals surface area contributed by atoms with Crippen molar-refractivity contribution in [2.24, 2.45) is 0 Å². The van der Waals surface area contributed by atoms with Crippen LogP contribution in [-0.4, -0.2) is 39.4 Å². The number of carbonyl (C=O) groups is 1. The van der Waals surface area contributed by atoms with E-state index < -0.39 is 30.0 Å². The third-order valence-electron chi connectivity index (χ3n) is 2.51. The maximum absolute atomic E-state index is 13.8. The van der Waals surface area contributed by atoms with E-state index in [9.17, 15) is 13.6 Å². The molecule has 0 saturated heterocycles. The van der Waals surface area contributed by atoms with Crippen LogP contribution in [0.3, 0.4) is 0 Å². The van der Waals surface area contributed by atoms with Gasteiger partial charge in [-0.25, -0.2) is 13.6 Å². The van der Waals surface area contributed by atoms with E-state index >= 15 is 0 Å².